The second-order valence-electron chi connectivity index (χ2n) is 12.1. The van der Waals surface area contributed by atoms with Crippen molar-refractivity contribution < 1.29 is 9.53 Å². The number of benzene rings is 3. The molecule has 3 heterocycles. The molecule has 0 saturated carbocycles. The lowest BCUT2D eigenvalue weighted by Crippen LogP contribution is -2.40. The number of aromatic amines is 1. The zero-order chi connectivity index (χ0) is 29.9. The number of amides is 1. The molecule has 8 nitrogen and oxygen atoms in total. The number of carbonyl (C=O) groups is 1. The quantitative estimate of drug-likeness (QED) is 0.206. The average molecular weight is 580 g/mol. The Morgan fingerprint density at radius 1 is 1.09 bits per heavy atom. The van der Waals surface area contributed by atoms with Gasteiger partial charge >= 0.3 is 5.69 Å². The molecule has 1 amide bonds. The highest BCUT2D eigenvalue weighted by Gasteiger charge is 2.29. The maximum Gasteiger partial charge on any atom is 0.331 e. The maximum atomic E-state index is 13.5. The molecule has 0 bridgehead atoms. The van der Waals surface area contributed by atoms with Gasteiger partial charge in [-0.15, -0.1) is 0 Å². The molecule has 6 rings (SSSR count). The van der Waals surface area contributed by atoms with Gasteiger partial charge in [0.15, 0.2) is 0 Å². The Bertz CT molecular complexity index is 1780. The summed E-state index contributed by atoms with van der Waals surface area (Å²) in [5, 5.41) is 0. The van der Waals surface area contributed by atoms with Crippen LogP contribution in [0.15, 0.2) is 71.5 Å². The van der Waals surface area contributed by atoms with Crippen molar-refractivity contribution in [1.82, 2.24) is 24.0 Å². The average Bonchev–Trinajstić information content (AvgIpc) is 3.54. The molecule has 0 unspecified atom stereocenters. The summed E-state index contributed by atoms with van der Waals surface area (Å²) in [5.74, 6) is 1.74. The zero-order valence-corrected chi connectivity index (χ0v) is 25.4. The van der Waals surface area contributed by atoms with Gasteiger partial charge in [0.2, 0.25) is 5.91 Å². The van der Waals surface area contributed by atoms with Crippen molar-refractivity contribution in [2.75, 3.05) is 26.8 Å². The van der Waals surface area contributed by atoms with Crippen LogP contribution < -0.4 is 5.69 Å². The summed E-state index contributed by atoms with van der Waals surface area (Å²) in [6, 6.07) is 22.4. The van der Waals surface area contributed by atoms with Crippen molar-refractivity contribution in [3.63, 3.8) is 0 Å². The van der Waals surface area contributed by atoms with E-state index in [1.54, 1.807) is 11.7 Å². The van der Waals surface area contributed by atoms with E-state index in [2.05, 4.69) is 51.7 Å². The molecule has 0 aliphatic carbocycles. The van der Waals surface area contributed by atoms with Crippen LogP contribution in [0.5, 0.6) is 0 Å². The number of rotatable bonds is 10. The molecule has 1 saturated heterocycles. The van der Waals surface area contributed by atoms with E-state index < -0.39 is 0 Å². The largest absolute Gasteiger partial charge is 0.385 e. The summed E-state index contributed by atoms with van der Waals surface area (Å²) in [6.07, 6.45) is 4.27. The third-order valence-corrected chi connectivity index (χ3v) is 8.69. The van der Waals surface area contributed by atoms with Crippen molar-refractivity contribution >= 4 is 28.0 Å². The Labute approximate surface area is 252 Å². The highest BCUT2D eigenvalue weighted by Crippen LogP contribution is 2.30. The van der Waals surface area contributed by atoms with Crippen molar-refractivity contribution in [2.24, 2.45) is 5.92 Å². The van der Waals surface area contributed by atoms with Crippen LogP contribution in [-0.4, -0.2) is 56.7 Å². The first kappa shape index (κ1) is 28.9. The summed E-state index contributed by atoms with van der Waals surface area (Å²) < 4.78 is 9.36. The van der Waals surface area contributed by atoms with Crippen molar-refractivity contribution in [1.29, 1.82) is 0 Å². The number of H-pyrrole nitrogens is 1. The van der Waals surface area contributed by atoms with Crippen LogP contribution in [-0.2, 0) is 22.5 Å². The third kappa shape index (κ3) is 6.15. The van der Waals surface area contributed by atoms with Gasteiger partial charge in [-0.2, -0.15) is 0 Å². The fraction of sp³-hybridized carbons (Fsp3) is 0.400. The van der Waals surface area contributed by atoms with Gasteiger partial charge in [-0.25, -0.2) is 9.78 Å². The van der Waals surface area contributed by atoms with Gasteiger partial charge in [-0.05, 0) is 86.1 Å². The number of imidazole rings is 2. The molecule has 0 spiro atoms. The lowest BCUT2D eigenvalue weighted by molar-refractivity contribution is -0.133. The number of aromatic nitrogens is 4. The number of nitrogens with one attached hydrogen (secondary N) is 1. The molecular formula is C35H41N5O3. The van der Waals surface area contributed by atoms with Gasteiger partial charge < -0.3 is 19.2 Å². The SMILES string of the molecule is COCCCn1c([C@@H]2CCCN(C(=O)C[C@H](C)Cc3ccc(-n4c(=O)[nH]c5cc(C)ccc54)cc3)C2)nc2ccccc21. The Kier molecular flexibility index (Phi) is 8.47. The number of para-hydroxylation sites is 2. The molecular weight excluding hydrogens is 538 g/mol. The standard InChI is InChI=1S/C35H41N5O3/c1-24-11-16-32-30(21-24)37-35(42)40(32)28-14-12-26(13-15-28)20-25(2)22-33(41)38-17-6-8-27(23-38)34-36-29-9-4-5-10-31(29)39(34)18-7-19-43-3/h4-5,9-16,21,25,27H,6-8,17-20,22-23H2,1-3H3,(H,37,42)/t25-,27-/m1/s1. The van der Waals surface area contributed by atoms with E-state index in [9.17, 15) is 9.59 Å². The van der Waals surface area contributed by atoms with Gasteiger partial charge in [-0.1, -0.05) is 37.3 Å². The minimum Gasteiger partial charge on any atom is -0.385 e. The topological polar surface area (TPSA) is 85.1 Å². The Morgan fingerprint density at radius 3 is 2.72 bits per heavy atom. The van der Waals surface area contributed by atoms with E-state index in [0.29, 0.717) is 19.6 Å². The monoisotopic (exact) mass is 579 g/mol. The predicted octanol–water partition coefficient (Wildman–Crippen LogP) is 5.99. The molecule has 1 aliphatic rings. The van der Waals surface area contributed by atoms with Gasteiger partial charge in [0, 0.05) is 45.7 Å². The highest BCUT2D eigenvalue weighted by molar-refractivity contribution is 5.79. The first-order valence-corrected chi connectivity index (χ1v) is 15.4. The number of methoxy groups -OCH3 is 1. The van der Waals surface area contributed by atoms with Gasteiger partial charge in [-0.3, -0.25) is 9.36 Å². The molecule has 1 aliphatic heterocycles. The maximum absolute atomic E-state index is 13.5. The molecule has 2 aromatic heterocycles. The van der Waals surface area contributed by atoms with Crippen LogP contribution in [0.3, 0.4) is 0 Å². The first-order chi connectivity index (χ1) is 20.9. The summed E-state index contributed by atoms with van der Waals surface area (Å²) in [6.45, 7) is 7.26. The van der Waals surface area contributed by atoms with Crippen molar-refractivity contribution in [3.8, 4) is 5.69 Å². The summed E-state index contributed by atoms with van der Waals surface area (Å²) >= 11 is 0. The molecule has 1 N–H and O–H groups in total. The summed E-state index contributed by atoms with van der Waals surface area (Å²) in [7, 11) is 1.74. The van der Waals surface area contributed by atoms with Crippen LogP contribution in [0, 0.1) is 12.8 Å². The van der Waals surface area contributed by atoms with E-state index in [1.165, 1.54) is 0 Å². The predicted molar refractivity (Wildman–Crippen MR) is 171 cm³/mol. The number of nitrogens with zero attached hydrogens (tertiary/aromatic N) is 4. The van der Waals surface area contributed by atoms with E-state index in [1.807, 2.05) is 43.3 Å². The third-order valence-electron chi connectivity index (χ3n) is 8.69. The minimum absolute atomic E-state index is 0.141. The van der Waals surface area contributed by atoms with Crippen LogP contribution >= 0.6 is 0 Å². The number of carbonyl (C=O) groups excluding carboxylic acids is 1. The van der Waals surface area contributed by atoms with Crippen LogP contribution in [0.2, 0.25) is 0 Å². The molecule has 1 fully saturated rings. The lowest BCUT2D eigenvalue weighted by atomic mass is 9.94. The smallest absolute Gasteiger partial charge is 0.331 e. The molecule has 43 heavy (non-hydrogen) atoms. The number of hydrogen-bond donors (Lipinski definition) is 1. The van der Waals surface area contributed by atoms with Crippen molar-refractivity contribution in [3.05, 3.63) is 94.2 Å². The Morgan fingerprint density at radius 2 is 1.91 bits per heavy atom. The molecule has 0 radical (unpaired) electrons. The van der Waals surface area contributed by atoms with Crippen LogP contribution in [0.25, 0.3) is 27.8 Å². The second-order valence-corrected chi connectivity index (χ2v) is 12.1. The fourth-order valence-corrected chi connectivity index (χ4v) is 6.59. The summed E-state index contributed by atoms with van der Waals surface area (Å²) in [5.41, 5.74) is 6.84. The molecule has 224 valence electrons. The molecule has 5 aromatic rings. The zero-order valence-electron chi connectivity index (χ0n) is 25.4. The van der Waals surface area contributed by atoms with Crippen LogP contribution in [0.1, 0.15) is 55.5 Å². The van der Waals surface area contributed by atoms with E-state index in [0.717, 1.165) is 83.5 Å². The van der Waals surface area contributed by atoms with Gasteiger partial charge in [0.1, 0.15) is 5.82 Å². The van der Waals surface area contributed by atoms with Gasteiger partial charge in [0.25, 0.3) is 0 Å². The molecule has 2 atom stereocenters. The second kappa shape index (κ2) is 12.6. The van der Waals surface area contributed by atoms with E-state index >= 15 is 0 Å². The Balaban J connectivity index is 1.10. The number of ether oxygens (including phenoxy) is 1. The summed E-state index contributed by atoms with van der Waals surface area (Å²) in [4.78, 5) is 36.2. The number of hydrogen-bond acceptors (Lipinski definition) is 4. The number of aryl methyl sites for hydroxylation is 2. The van der Waals surface area contributed by atoms with Gasteiger partial charge in [0.05, 0.1) is 27.8 Å². The van der Waals surface area contributed by atoms with Crippen LogP contribution in [0.4, 0.5) is 0 Å². The van der Waals surface area contributed by atoms with Crippen molar-refractivity contribution in [2.45, 2.75) is 58.4 Å². The van der Waals surface area contributed by atoms with E-state index in [-0.39, 0.29) is 23.4 Å². The molecule has 8 heteroatoms. The fourth-order valence-electron chi connectivity index (χ4n) is 6.59. The Hall–Kier alpha value is -4.17. The highest BCUT2D eigenvalue weighted by atomic mass is 16.5. The lowest BCUT2D eigenvalue weighted by Gasteiger charge is -2.33. The first-order valence-electron chi connectivity index (χ1n) is 15.4. The van der Waals surface area contributed by atoms with E-state index in [4.69, 9.17) is 9.72 Å². The minimum atomic E-state index is -0.141. The number of fused-ring (bicyclic) bond motifs is 2. The number of likely N-dealkylation sites (tertiary alicyclic amines) is 1. The number of piperidine rings is 1. The normalized spacial score (nSPS) is 16.3. The molecule has 3 aromatic carbocycles.